The van der Waals surface area contributed by atoms with Gasteiger partial charge >= 0.3 is 0 Å². The number of nitrogens with one attached hydrogen (secondary N) is 2. The highest BCUT2D eigenvalue weighted by Gasteiger charge is 2.25. The van der Waals surface area contributed by atoms with Crippen LogP contribution >= 0.6 is 24.0 Å². The molecule has 0 bridgehead atoms. The van der Waals surface area contributed by atoms with Crippen LogP contribution in [0.4, 0.5) is 10.2 Å². The summed E-state index contributed by atoms with van der Waals surface area (Å²) in [5.41, 5.74) is 1.14. The van der Waals surface area contributed by atoms with E-state index in [1.54, 1.807) is 19.3 Å². The van der Waals surface area contributed by atoms with Crippen molar-refractivity contribution in [3.8, 4) is 5.75 Å². The van der Waals surface area contributed by atoms with Crippen LogP contribution in [0.5, 0.6) is 5.75 Å². The number of nitrogens with zero attached hydrogens (tertiary/aromatic N) is 3. The Morgan fingerprint density at radius 2 is 2.14 bits per heavy atom. The first-order valence-corrected chi connectivity index (χ1v) is 9.68. The summed E-state index contributed by atoms with van der Waals surface area (Å²) < 4.78 is 19.7. The lowest BCUT2D eigenvalue weighted by atomic mass is 10.2. The summed E-state index contributed by atoms with van der Waals surface area (Å²) in [5, 5.41) is 6.72. The smallest absolute Gasteiger partial charge is 0.191 e. The fourth-order valence-electron chi connectivity index (χ4n) is 3.25. The van der Waals surface area contributed by atoms with E-state index < -0.39 is 0 Å². The third kappa shape index (κ3) is 6.73. The number of benzene rings is 1. The van der Waals surface area contributed by atoms with E-state index in [1.165, 1.54) is 6.07 Å². The Balaban J connectivity index is 0.00000300. The predicted molar refractivity (Wildman–Crippen MR) is 126 cm³/mol. The van der Waals surface area contributed by atoms with Crippen molar-refractivity contribution in [2.75, 3.05) is 38.2 Å². The van der Waals surface area contributed by atoms with E-state index in [0.717, 1.165) is 43.2 Å². The van der Waals surface area contributed by atoms with Crippen molar-refractivity contribution < 1.29 is 9.13 Å². The zero-order valence-electron chi connectivity index (χ0n) is 16.9. The van der Waals surface area contributed by atoms with Crippen LogP contribution in [-0.4, -0.2) is 50.3 Å². The van der Waals surface area contributed by atoms with Crippen molar-refractivity contribution in [2.24, 2.45) is 4.99 Å². The van der Waals surface area contributed by atoms with E-state index >= 15 is 0 Å². The maximum atomic E-state index is 13.9. The third-order valence-corrected chi connectivity index (χ3v) is 4.76. The van der Waals surface area contributed by atoms with Crippen LogP contribution < -0.4 is 20.3 Å². The molecule has 158 valence electrons. The maximum Gasteiger partial charge on any atom is 0.191 e. The normalized spacial score (nSPS) is 16.3. The minimum atomic E-state index is -0.278. The monoisotopic (exact) mass is 513 g/mol. The first-order chi connectivity index (χ1) is 13.7. The molecule has 29 heavy (non-hydrogen) atoms. The molecule has 0 radical (unpaired) electrons. The molecular weight excluding hydrogens is 484 g/mol. The van der Waals surface area contributed by atoms with Gasteiger partial charge in [0, 0.05) is 38.9 Å². The average molecular weight is 513 g/mol. The van der Waals surface area contributed by atoms with Crippen LogP contribution in [0, 0.1) is 12.7 Å². The summed E-state index contributed by atoms with van der Waals surface area (Å²) in [7, 11) is 1.75. The van der Waals surface area contributed by atoms with Crippen molar-refractivity contribution in [2.45, 2.75) is 25.8 Å². The van der Waals surface area contributed by atoms with Gasteiger partial charge in [0.25, 0.3) is 0 Å². The molecule has 1 unspecified atom stereocenters. The van der Waals surface area contributed by atoms with Crippen LogP contribution in [-0.2, 0) is 0 Å². The van der Waals surface area contributed by atoms with Crippen LogP contribution in [0.1, 0.15) is 18.4 Å². The van der Waals surface area contributed by atoms with Gasteiger partial charge in [-0.25, -0.2) is 9.37 Å². The Morgan fingerprint density at radius 3 is 2.90 bits per heavy atom. The van der Waals surface area contributed by atoms with Gasteiger partial charge in [-0.15, -0.1) is 24.0 Å². The van der Waals surface area contributed by atoms with E-state index in [-0.39, 0.29) is 35.8 Å². The molecule has 0 spiro atoms. The zero-order valence-corrected chi connectivity index (χ0v) is 19.2. The number of anilines is 1. The van der Waals surface area contributed by atoms with E-state index in [0.29, 0.717) is 19.0 Å². The minimum absolute atomic E-state index is 0. The average Bonchev–Trinajstić information content (AvgIpc) is 3.16. The maximum absolute atomic E-state index is 13.9. The molecule has 1 fully saturated rings. The standard InChI is InChI=1S/C21H28FN5O.HI/c1-16-7-3-4-9-19(16)28-14-6-12-25-21(23-2)26-17-10-13-27(15-17)20-18(22)8-5-11-24-20;/h3-5,7-9,11,17H,6,10,12-15H2,1-2H3,(H2,23,25,26);1H. The van der Waals surface area contributed by atoms with Gasteiger partial charge in [-0.2, -0.15) is 0 Å². The van der Waals surface area contributed by atoms with Crippen molar-refractivity contribution in [3.63, 3.8) is 0 Å². The number of pyridine rings is 1. The van der Waals surface area contributed by atoms with Gasteiger partial charge in [-0.1, -0.05) is 18.2 Å². The molecule has 1 aromatic heterocycles. The lowest BCUT2D eigenvalue weighted by molar-refractivity contribution is 0.309. The molecule has 2 N–H and O–H groups in total. The molecule has 0 amide bonds. The van der Waals surface area contributed by atoms with E-state index in [1.807, 2.05) is 36.1 Å². The fourth-order valence-corrected chi connectivity index (χ4v) is 3.25. The van der Waals surface area contributed by atoms with Gasteiger partial charge in [0.05, 0.1) is 6.61 Å². The van der Waals surface area contributed by atoms with Crippen molar-refractivity contribution in [1.29, 1.82) is 0 Å². The third-order valence-electron chi connectivity index (χ3n) is 4.76. The molecule has 1 saturated heterocycles. The molecule has 1 aliphatic rings. The van der Waals surface area contributed by atoms with Crippen LogP contribution in [0.2, 0.25) is 0 Å². The Kier molecular flexibility index (Phi) is 9.43. The largest absolute Gasteiger partial charge is 0.493 e. The second-order valence-corrected chi connectivity index (χ2v) is 6.85. The number of aryl methyl sites for hydroxylation is 1. The number of guanidine groups is 1. The highest BCUT2D eigenvalue weighted by atomic mass is 127. The lowest BCUT2D eigenvalue weighted by Gasteiger charge is -2.20. The van der Waals surface area contributed by atoms with Gasteiger partial charge in [-0.05, 0) is 43.5 Å². The van der Waals surface area contributed by atoms with Crippen LogP contribution in [0.25, 0.3) is 0 Å². The Labute approximate surface area is 189 Å². The topological polar surface area (TPSA) is 61.8 Å². The molecular formula is C21H29FIN5O. The van der Waals surface area contributed by atoms with Crippen LogP contribution in [0.3, 0.4) is 0 Å². The number of aliphatic imine (C=N–C) groups is 1. The molecule has 0 aliphatic carbocycles. The Hall–Kier alpha value is -2.10. The fraction of sp³-hybridized carbons (Fsp3) is 0.429. The van der Waals surface area contributed by atoms with Crippen molar-refractivity contribution in [1.82, 2.24) is 15.6 Å². The summed E-state index contributed by atoms with van der Waals surface area (Å²) >= 11 is 0. The Morgan fingerprint density at radius 1 is 1.31 bits per heavy atom. The summed E-state index contributed by atoms with van der Waals surface area (Å²) in [6, 6.07) is 11.3. The van der Waals surface area contributed by atoms with Gasteiger partial charge < -0.3 is 20.3 Å². The molecule has 0 saturated carbocycles. The molecule has 6 nitrogen and oxygen atoms in total. The van der Waals surface area contributed by atoms with Gasteiger partial charge in [0.2, 0.25) is 0 Å². The second-order valence-electron chi connectivity index (χ2n) is 6.85. The number of halogens is 2. The number of para-hydroxylation sites is 1. The molecule has 1 aromatic carbocycles. The molecule has 2 heterocycles. The Bertz CT molecular complexity index is 804. The molecule has 1 atom stereocenters. The van der Waals surface area contributed by atoms with Gasteiger partial charge in [0.1, 0.15) is 5.75 Å². The van der Waals surface area contributed by atoms with E-state index in [2.05, 4.69) is 20.6 Å². The first-order valence-electron chi connectivity index (χ1n) is 9.68. The highest BCUT2D eigenvalue weighted by Crippen LogP contribution is 2.20. The summed E-state index contributed by atoms with van der Waals surface area (Å²) in [5.74, 6) is 1.82. The summed E-state index contributed by atoms with van der Waals surface area (Å²) in [6.45, 7) is 4.92. The van der Waals surface area contributed by atoms with Gasteiger partial charge in [0.15, 0.2) is 17.6 Å². The quantitative estimate of drug-likeness (QED) is 0.258. The first kappa shape index (κ1) is 23.2. The minimum Gasteiger partial charge on any atom is -0.493 e. The predicted octanol–water partition coefficient (Wildman–Crippen LogP) is 3.36. The number of hydrogen-bond donors (Lipinski definition) is 2. The highest BCUT2D eigenvalue weighted by molar-refractivity contribution is 14.0. The SMILES string of the molecule is CN=C(NCCCOc1ccccc1C)NC1CCN(c2ncccc2F)C1.I. The van der Waals surface area contributed by atoms with Crippen molar-refractivity contribution >= 4 is 35.8 Å². The van der Waals surface area contributed by atoms with E-state index in [9.17, 15) is 4.39 Å². The van der Waals surface area contributed by atoms with Gasteiger partial charge in [-0.3, -0.25) is 4.99 Å². The van der Waals surface area contributed by atoms with Crippen LogP contribution in [0.15, 0.2) is 47.6 Å². The molecule has 2 aromatic rings. The van der Waals surface area contributed by atoms with Crippen molar-refractivity contribution in [3.05, 3.63) is 54.0 Å². The number of rotatable bonds is 7. The van der Waals surface area contributed by atoms with E-state index in [4.69, 9.17) is 4.74 Å². The molecule has 3 rings (SSSR count). The number of ether oxygens (including phenoxy) is 1. The zero-order chi connectivity index (χ0) is 19.8. The number of aromatic nitrogens is 1. The number of hydrogen-bond acceptors (Lipinski definition) is 4. The lowest BCUT2D eigenvalue weighted by Crippen LogP contribution is -2.45. The second kappa shape index (κ2) is 11.8. The summed E-state index contributed by atoms with van der Waals surface area (Å²) in [4.78, 5) is 10.4. The molecule has 8 heteroatoms. The summed E-state index contributed by atoms with van der Waals surface area (Å²) in [6.07, 6.45) is 3.40. The molecule has 1 aliphatic heterocycles.